The van der Waals surface area contributed by atoms with Crippen molar-refractivity contribution in [1.29, 1.82) is 0 Å². The number of benzene rings is 2. The van der Waals surface area contributed by atoms with Crippen molar-refractivity contribution in [2.45, 2.75) is 11.4 Å². The molecule has 8 nitrogen and oxygen atoms in total. The number of rotatable bonds is 7. The van der Waals surface area contributed by atoms with Gasteiger partial charge in [-0.2, -0.15) is 4.31 Å². The Morgan fingerprint density at radius 3 is 2.24 bits per heavy atom. The molecule has 29 heavy (non-hydrogen) atoms. The molecule has 1 fully saturated rings. The lowest BCUT2D eigenvalue weighted by Gasteiger charge is -2.26. The Bertz CT molecular complexity index is 940. The Morgan fingerprint density at radius 1 is 0.931 bits per heavy atom. The number of nitrogens with zero attached hydrogens (tertiary/aromatic N) is 1. The first-order valence-corrected chi connectivity index (χ1v) is 10.7. The highest BCUT2D eigenvalue weighted by atomic mass is 32.2. The largest absolute Gasteiger partial charge is 0.379 e. The van der Waals surface area contributed by atoms with Crippen LogP contribution < -0.4 is 10.6 Å². The van der Waals surface area contributed by atoms with Gasteiger partial charge < -0.3 is 15.4 Å². The van der Waals surface area contributed by atoms with Gasteiger partial charge in [-0.1, -0.05) is 30.3 Å². The average molecular weight is 417 g/mol. The molecule has 2 amide bonds. The summed E-state index contributed by atoms with van der Waals surface area (Å²) in [5.74, 6) is -0.655. The maximum atomic E-state index is 12.6. The van der Waals surface area contributed by atoms with Crippen molar-refractivity contribution in [2.75, 3.05) is 32.8 Å². The summed E-state index contributed by atoms with van der Waals surface area (Å²) in [6.07, 6.45) is 0. The predicted molar refractivity (Wildman–Crippen MR) is 107 cm³/mol. The number of sulfonamides is 1. The van der Waals surface area contributed by atoms with E-state index in [1.807, 2.05) is 0 Å². The van der Waals surface area contributed by atoms with Crippen LogP contribution in [0.3, 0.4) is 0 Å². The monoisotopic (exact) mass is 417 g/mol. The minimum absolute atomic E-state index is 0.142. The second-order valence-electron chi connectivity index (χ2n) is 6.49. The van der Waals surface area contributed by atoms with Crippen molar-refractivity contribution in [2.24, 2.45) is 0 Å². The molecule has 2 aromatic carbocycles. The van der Waals surface area contributed by atoms with E-state index in [0.717, 1.165) is 5.56 Å². The summed E-state index contributed by atoms with van der Waals surface area (Å²) in [4.78, 5) is 24.1. The van der Waals surface area contributed by atoms with Gasteiger partial charge in [-0.05, 0) is 29.8 Å². The molecule has 0 radical (unpaired) electrons. The van der Waals surface area contributed by atoms with Gasteiger partial charge in [0, 0.05) is 25.2 Å². The van der Waals surface area contributed by atoms with Gasteiger partial charge in [-0.3, -0.25) is 9.59 Å². The molecule has 154 valence electrons. The Morgan fingerprint density at radius 2 is 1.59 bits per heavy atom. The molecule has 0 spiro atoms. The fourth-order valence-electron chi connectivity index (χ4n) is 2.83. The van der Waals surface area contributed by atoms with Crippen molar-refractivity contribution < 1.29 is 22.7 Å². The summed E-state index contributed by atoms with van der Waals surface area (Å²) >= 11 is 0. The molecule has 0 aromatic heterocycles. The van der Waals surface area contributed by atoms with Crippen LogP contribution in [0.25, 0.3) is 0 Å². The van der Waals surface area contributed by atoms with Gasteiger partial charge in [0.1, 0.15) is 0 Å². The number of morpholine rings is 1. The fourth-order valence-corrected chi connectivity index (χ4v) is 4.24. The molecule has 3 rings (SSSR count). The molecule has 1 heterocycles. The van der Waals surface area contributed by atoms with E-state index < -0.39 is 10.0 Å². The van der Waals surface area contributed by atoms with Crippen molar-refractivity contribution in [3.63, 3.8) is 0 Å². The van der Waals surface area contributed by atoms with E-state index in [9.17, 15) is 18.0 Å². The second kappa shape index (κ2) is 9.64. The lowest BCUT2D eigenvalue weighted by atomic mass is 10.2. The summed E-state index contributed by atoms with van der Waals surface area (Å²) in [5.41, 5.74) is 1.24. The van der Waals surface area contributed by atoms with Crippen molar-refractivity contribution >= 4 is 21.8 Å². The Labute approximate surface area is 169 Å². The van der Waals surface area contributed by atoms with Crippen LogP contribution in [-0.4, -0.2) is 57.4 Å². The Hall–Kier alpha value is -2.75. The third-order valence-electron chi connectivity index (χ3n) is 4.47. The minimum Gasteiger partial charge on any atom is -0.379 e. The third-order valence-corrected chi connectivity index (χ3v) is 6.38. The van der Waals surface area contributed by atoms with Crippen LogP contribution >= 0.6 is 0 Å². The summed E-state index contributed by atoms with van der Waals surface area (Å²) in [6, 6.07) is 15.0. The predicted octanol–water partition coefficient (Wildman–Crippen LogP) is 0.754. The highest BCUT2D eigenvalue weighted by molar-refractivity contribution is 7.89. The van der Waals surface area contributed by atoms with Gasteiger partial charge in [-0.25, -0.2) is 8.42 Å². The Kier molecular flexibility index (Phi) is 6.97. The number of ether oxygens (including phenoxy) is 1. The van der Waals surface area contributed by atoms with Crippen LogP contribution in [0.1, 0.15) is 15.9 Å². The molecule has 2 aromatic rings. The molecular formula is C20H23N3O5S. The number of amides is 2. The van der Waals surface area contributed by atoms with E-state index in [4.69, 9.17) is 4.74 Å². The van der Waals surface area contributed by atoms with Gasteiger partial charge in [0.2, 0.25) is 15.9 Å². The zero-order valence-electron chi connectivity index (χ0n) is 15.8. The molecule has 9 heteroatoms. The van der Waals surface area contributed by atoms with Gasteiger partial charge in [0.25, 0.3) is 5.91 Å². The minimum atomic E-state index is -3.54. The van der Waals surface area contributed by atoms with Gasteiger partial charge in [0.15, 0.2) is 0 Å². The summed E-state index contributed by atoms with van der Waals surface area (Å²) in [5, 5.41) is 5.25. The summed E-state index contributed by atoms with van der Waals surface area (Å²) in [7, 11) is -3.54. The lowest BCUT2D eigenvalue weighted by Crippen LogP contribution is -2.40. The molecular weight excluding hydrogens is 394 g/mol. The first-order valence-electron chi connectivity index (χ1n) is 9.23. The van der Waals surface area contributed by atoms with Crippen LogP contribution in [0.2, 0.25) is 0 Å². The van der Waals surface area contributed by atoms with E-state index in [2.05, 4.69) is 10.6 Å². The van der Waals surface area contributed by atoms with E-state index in [0.29, 0.717) is 31.9 Å². The molecule has 0 bridgehead atoms. The maximum Gasteiger partial charge on any atom is 0.251 e. The zero-order valence-corrected chi connectivity index (χ0v) is 16.7. The standard InChI is InChI=1S/C20H23N3O5S/c24-19(15-22-20(25)17-4-2-1-3-5-17)21-14-16-6-8-18(9-7-16)29(26,27)23-10-12-28-13-11-23/h1-9H,10-15H2,(H,21,24)(H,22,25). The first kappa shape index (κ1) is 21.0. The fraction of sp³-hybridized carbons (Fsp3) is 0.300. The highest BCUT2D eigenvalue weighted by Gasteiger charge is 2.26. The molecule has 0 atom stereocenters. The van der Waals surface area contributed by atoms with Gasteiger partial charge >= 0.3 is 0 Å². The number of hydrogen-bond donors (Lipinski definition) is 2. The Balaban J connectivity index is 1.48. The van der Waals surface area contributed by atoms with Crippen LogP contribution in [0.15, 0.2) is 59.5 Å². The number of carbonyl (C=O) groups is 2. The van der Waals surface area contributed by atoms with Crippen LogP contribution in [0, 0.1) is 0 Å². The lowest BCUT2D eigenvalue weighted by molar-refractivity contribution is -0.120. The highest BCUT2D eigenvalue weighted by Crippen LogP contribution is 2.17. The van der Waals surface area contributed by atoms with Gasteiger partial charge in [-0.15, -0.1) is 0 Å². The molecule has 0 aliphatic carbocycles. The first-order chi connectivity index (χ1) is 14.0. The van der Waals surface area contributed by atoms with Crippen LogP contribution in [-0.2, 0) is 26.1 Å². The van der Waals surface area contributed by atoms with Crippen LogP contribution in [0.5, 0.6) is 0 Å². The van der Waals surface area contributed by atoms with Crippen LogP contribution in [0.4, 0.5) is 0 Å². The van der Waals surface area contributed by atoms with Crippen molar-refractivity contribution in [1.82, 2.24) is 14.9 Å². The van der Waals surface area contributed by atoms with Crippen molar-refractivity contribution in [3.05, 3.63) is 65.7 Å². The molecule has 0 unspecified atom stereocenters. The van der Waals surface area contributed by atoms with E-state index in [-0.39, 0.29) is 29.8 Å². The molecule has 1 saturated heterocycles. The molecule has 1 aliphatic heterocycles. The number of nitrogens with one attached hydrogen (secondary N) is 2. The zero-order chi connectivity index (χ0) is 20.7. The smallest absolute Gasteiger partial charge is 0.251 e. The SMILES string of the molecule is O=C(CNC(=O)c1ccccc1)NCc1ccc(S(=O)(=O)N2CCOCC2)cc1. The van der Waals surface area contributed by atoms with Gasteiger partial charge in [0.05, 0.1) is 24.7 Å². The number of hydrogen-bond acceptors (Lipinski definition) is 5. The quantitative estimate of drug-likeness (QED) is 0.692. The molecule has 2 N–H and O–H groups in total. The van der Waals surface area contributed by atoms with E-state index in [1.54, 1.807) is 42.5 Å². The maximum absolute atomic E-state index is 12.6. The number of carbonyl (C=O) groups excluding carboxylic acids is 2. The van der Waals surface area contributed by atoms with E-state index in [1.165, 1.54) is 16.4 Å². The molecule has 1 aliphatic rings. The topological polar surface area (TPSA) is 105 Å². The summed E-state index contributed by atoms with van der Waals surface area (Å²) < 4.78 is 31.8. The average Bonchev–Trinajstić information content (AvgIpc) is 2.77. The summed E-state index contributed by atoms with van der Waals surface area (Å²) in [6.45, 7) is 1.56. The molecule has 0 saturated carbocycles. The van der Waals surface area contributed by atoms with Crippen molar-refractivity contribution in [3.8, 4) is 0 Å². The van der Waals surface area contributed by atoms with E-state index >= 15 is 0 Å². The normalized spacial score (nSPS) is 14.9. The second-order valence-corrected chi connectivity index (χ2v) is 8.42. The third kappa shape index (κ3) is 5.63.